The Morgan fingerprint density at radius 1 is 1.19 bits per heavy atom. The van der Waals surface area contributed by atoms with Crippen LogP contribution in [0.1, 0.15) is 16.7 Å². The molecule has 1 amide bonds. The van der Waals surface area contributed by atoms with Crippen molar-refractivity contribution in [3.63, 3.8) is 0 Å². The molecule has 21 heavy (non-hydrogen) atoms. The first kappa shape index (κ1) is 15.0. The van der Waals surface area contributed by atoms with Crippen LogP contribution in [0.25, 0.3) is 0 Å². The van der Waals surface area contributed by atoms with E-state index in [1.807, 2.05) is 37.3 Å². The minimum absolute atomic E-state index is 0.242. The lowest BCUT2D eigenvalue weighted by molar-refractivity contribution is 0.140. The second-order valence-electron chi connectivity index (χ2n) is 4.81. The van der Waals surface area contributed by atoms with E-state index < -0.39 is 6.09 Å². The number of nitrogens with one attached hydrogen (secondary N) is 1. The lowest BCUT2D eigenvalue weighted by Crippen LogP contribution is -2.26. The van der Waals surface area contributed by atoms with Gasteiger partial charge in [0.25, 0.3) is 0 Å². The number of hydrogen-bond acceptors (Lipinski definition) is 2. The van der Waals surface area contributed by atoms with Crippen LogP contribution in [-0.4, -0.2) is 12.6 Å². The Balaban J connectivity index is 1.73. The third-order valence-electron chi connectivity index (χ3n) is 3.19. The molecule has 4 heteroatoms. The van der Waals surface area contributed by atoms with Crippen LogP contribution in [0.5, 0.6) is 0 Å². The summed E-state index contributed by atoms with van der Waals surface area (Å²) < 4.78 is 18.2. The molecule has 2 rings (SSSR count). The van der Waals surface area contributed by atoms with Gasteiger partial charge in [-0.3, -0.25) is 0 Å². The largest absolute Gasteiger partial charge is 0.445 e. The van der Waals surface area contributed by atoms with Crippen LogP contribution in [0.15, 0.2) is 48.5 Å². The van der Waals surface area contributed by atoms with E-state index in [-0.39, 0.29) is 12.4 Å². The summed E-state index contributed by atoms with van der Waals surface area (Å²) in [6.07, 6.45) is 0.109. The minimum atomic E-state index is -0.465. The van der Waals surface area contributed by atoms with Crippen molar-refractivity contribution < 1.29 is 13.9 Å². The van der Waals surface area contributed by atoms with E-state index in [0.29, 0.717) is 13.0 Å². The number of ether oxygens (including phenoxy) is 1. The molecule has 1 N–H and O–H groups in total. The van der Waals surface area contributed by atoms with Crippen molar-refractivity contribution in [3.8, 4) is 0 Å². The summed E-state index contributed by atoms with van der Waals surface area (Å²) in [7, 11) is 0. The molecule has 0 unspecified atom stereocenters. The molecule has 0 aliphatic heterocycles. The van der Waals surface area contributed by atoms with E-state index >= 15 is 0 Å². The summed E-state index contributed by atoms with van der Waals surface area (Å²) in [6.45, 7) is 2.58. The third kappa shape index (κ3) is 4.91. The second kappa shape index (κ2) is 7.43. The monoisotopic (exact) mass is 287 g/mol. The van der Waals surface area contributed by atoms with E-state index in [0.717, 1.165) is 16.7 Å². The van der Waals surface area contributed by atoms with Gasteiger partial charge < -0.3 is 10.1 Å². The molecule has 2 aromatic carbocycles. The number of carbonyl (C=O) groups excluding carboxylic acids is 1. The predicted molar refractivity (Wildman–Crippen MR) is 79.5 cm³/mol. The first-order valence-electron chi connectivity index (χ1n) is 6.85. The highest BCUT2D eigenvalue weighted by molar-refractivity contribution is 5.67. The van der Waals surface area contributed by atoms with Crippen LogP contribution in [0.3, 0.4) is 0 Å². The van der Waals surface area contributed by atoms with Crippen molar-refractivity contribution in [2.24, 2.45) is 0 Å². The molecule has 0 radical (unpaired) electrons. The standard InChI is InChI=1S/C17H18FNO2/c1-13-7-8-16(18)11-15(13)9-10-19-17(20)21-12-14-5-3-2-4-6-14/h2-8,11H,9-10,12H2,1H3,(H,19,20). The maximum Gasteiger partial charge on any atom is 0.407 e. The van der Waals surface area contributed by atoms with E-state index in [9.17, 15) is 9.18 Å². The Labute approximate surface area is 123 Å². The first-order chi connectivity index (χ1) is 10.1. The molecule has 0 heterocycles. The summed E-state index contributed by atoms with van der Waals surface area (Å²) in [5.74, 6) is -0.262. The average molecular weight is 287 g/mol. The van der Waals surface area contributed by atoms with Gasteiger partial charge in [0.2, 0.25) is 0 Å². The Morgan fingerprint density at radius 2 is 1.95 bits per heavy atom. The fraction of sp³-hybridized carbons (Fsp3) is 0.235. The van der Waals surface area contributed by atoms with Gasteiger partial charge >= 0.3 is 6.09 Å². The quantitative estimate of drug-likeness (QED) is 0.912. The Hall–Kier alpha value is -2.36. The van der Waals surface area contributed by atoms with Gasteiger partial charge in [0.15, 0.2) is 0 Å². The second-order valence-corrected chi connectivity index (χ2v) is 4.81. The number of rotatable bonds is 5. The third-order valence-corrected chi connectivity index (χ3v) is 3.19. The molecular formula is C17H18FNO2. The van der Waals surface area contributed by atoms with Gasteiger partial charge in [-0.2, -0.15) is 0 Å². The summed E-state index contributed by atoms with van der Waals surface area (Å²) in [5.41, 5.74) is 2.84. The predicted octanol–water partition coefficient (Wildman–Crippen LogP) is 3.60. The summed E-state index contributed by atoms with van der Waals surface area (Å²) >= 11 is 0. The molecular weight excluding hydrogens is 269 g/mol. The zero-order valence-corrected chi connectivity index (χ0v) is 11.9. The molecule has 2 aromatic rings. The van der Waals surface area contributed by atoms with E-state index in [1.165, 1.54) is 12.1 Å². The van der Waals surface area contributed by atoms with Crippen molar-refractivity contribution in [1.29, 1.82) is 0 Å². The Morgan fingerprint density at radius 3 is 2.71 bits per heavy atom. The van der Waals surface area contributed by atoms with Crippen LogP contribution in [-0.2, 0) is 17.8 Å². The number of carbonyl (C=O) groups is 1. The Kier molecular flexibility index (Phi) is 5.32. The SMILES string of the molecule is Cc1ccc(F)cc1CCNC(=O)OCc1ccccc1. The molecule has 110 valence electrons. The highest BCUT2D eigenvalue weighted by Crippen LogP contribution is 2.10. The lowest BCUT2D eigenvalue weighted by Gasteiger charge is -2.08. The summed E-state index contributed by atoms with van der Waals surface area (Å²) in [4.78, 5) is 11.6. The smallest absolute Gasteiger partial charge is 0.407 e. The minimum Gasteiger partial charge on any atom is -0.445 e. The van der Waals surface area contributed by atoms with Gasteiger partial charge in [0.1, 0.15) is 12.4 Å². The molecule has 0 saturated carbocycles. The summed E-state index contributed by atoms with van der Waals surface area (Å²) in [6, 6.07) is 14.1. The average Bonchev–Trinajstić information content (AvgIpc) is 2.50. The molecule has 0 bridgehead atoms. The maximum atomic E-state index is 13.1. The van der Waals surface area contributed by atoms with Gasteiger partial charge in [0.05, 0.1) is 0 Å². The normalized spacial score (nSPS) is 10.2. The highest BCUT2D eigenvalue weighted by Gasteiger charge is 2.04. The number of amides is 1. The van der Waals surface area contributed by atoms with Gasteiger partial charge in [-0.1, -0.05) is 36.4 Å². The van der Waals surface area contributed by atoms with E-state index in [4.69, 9.17) is 4.74 Å². The zero-order chi connectivity index (χ0) is 15.1. The van der Waals surface area contributed by atoms with Crippen molar-refractivity contribution in [1.82, 2.24) is 5.32 Å². The number of hydrogen-bond donors (Lipinski definition) is 1. The summed E-state index contributed by atoms with van der Waals surface area (Å²) in [5, 5.41) is 2.66. The van der Waals surface area contributed by atoms with Gasteiger partial charge in [-0.15, -0.1) is 0 Å². The maximum absolute atomic E-state index is 13.1. The molecule has 0 aliphatic rings. The van der Waals surface area contributed by atoms with Crippen molar-refractivity contribution >= 4 is 6.09 Å². The van der Waals surface area contributed by atoms with Crippen LogP contribution in [0, 0.1) is 12.7 Å². The molecule has 0 saturated heterocycles. The molecule has 0 aliphatic carbocycles. The molecule has 3 nitrogen and oxygen atoms in total. The van der Waals surface area contributed by atoms with Crippen molar-refractivity contribution in [2.75, 3.05) is 6.54 Å². The molecule has 0 spiro atoms. The highest BCUT2D eigenvalue weighted by atomic mass is 19.1. The van der Waals surface area contributed by atoms with Crippen LogP contribution < -0.4 is 5.32 Å². The Bertz CT molecular complexity index is 599. The molecule has 0 aromatic heterocycles. The number of benzene rings is 2. The van der Waals surface area contributed by atoms with E-state index in [2.05, 4.69) is 5.32 Å². The topological polar surface area (TPSA) is 38.3 Å². The molecule has 0 atom stereocenters. The van der Waals surface area contributed by atoms with Crippen LogP contribution in [0.4, 0.5) is 9.18 Å². The lowest BCUT2D eigenvalue weighted by atomic mass is 10.1. The van der Waals surface area contributed by atoms with Gasteiger partial charge in [0, 0.05) is 6.54 Å². The number of alkyl carbamates (subject to hydrolysis) is 1. The van der Waals surface area contributed by atoms with E-state index in [1.54, 1.807) is 6.07 Å². The first-order valence-corrected chi connectivity index (χ1v) is 6.85. The van der Waals surface area contributed by atoms with Gasteiger partial charge in [-0.25, -0.2) is 9.18 Å². The fourth-order valence-electron chi connectivity index (χ4n) is 1.98. The number of aryl methyl sites for hydroxylation is 1. The van der Waals surface area contributed by atoms with Gasteiger partial charge in [-0.05, 0) is 42.2 Å². The fourth-order valence-corrected chi connectivity index (χ4v) is 1.98. The van der Waals surface area contributed by atoms with Crippen LogP contribution in [0.2, 0.25) is 0 Å². The number of halogens is 1. The zero-order valence-electron chi connectivity index (χ0n) is 11.9. The molecule has 0 fully saturated rings. The van der Waals surface area contributed by atoms with Crippen LogP contribution >= 0.6 is 0 Å². The van der Waals surface area contributed by atoms with Crippen molar-refractivity contribution in [2.45, 2.75) is 20.0 Å². The van der Waals surface area contributed by atoms with Crippen molar-refractivity contribution in [3.05, 3.63) is 71.0 Å².